The van der Waals surface area contributed by atoms with Crippen molar-refractivity contribution in [2.45, 2.75) is 26.4 Å². The van der Waals surface area contributed by atoms with Crippen LogP contribution in [0.5, 0.6) is 0 Å². The fourth-order valence-corrected chi connectivity index (χ4v) is 1.77. The molecule has 0 aliphatic carbocycles. The Hall–Kier alpha value is -0.940. The molecule has 2 heterocycles. The molecular formula is C10H17N3O2. The van der Waals surface area contributed by atoms with E-state index in [0.717, 1.165) is 19.7 Å². The van der Waals surface area contributed by atoms with Gasteiger partial charge in [0.2, 0.25) is 11.8 Å². The Morgan fingerprint density at radius 1 is 1.53 bits per heavy atom. The Kier molecular flexibility index (Phi) is 3.69. The van der Waals surface area contributed by atoms with E-state index in [1.54, 1.807) is 6.92 Å². The maximum atomic E-state index is 5.54. The molecule has 1 aromatic rings. The molecule has 0 saturated carbocycles. The van der Waals surface area contributed by atoms with E-state index in [2.05, 4.69) is 15.5 Å². The zero-order valence-electron chi connectivity index (χ0n) is 9.03. The summed E-state index contributed by atoms with van der Waals surface area (Å²) in [5.41, 5.74) is 0. The van der Waals surface area contributed by atoms with Crippen LogP contribution in [0.3, 0.4) is 0 Å². The average molecular weight is 211 g/mol. The molecule has 1 fully saturated rings. The highest BCUT2D eigenvalue weighted by molar-refractivity contribution is 4.76. The van der Waals surface area contributed by atoms with Gasteiger partial charge in [-0.15, -0.1) is 10.2 Å². The molecule has 1 saturated heterocycles. The van der Waals surface area contributed by atoms with Crippen molar-refractivity contribution in [2.75, 3.05) is 19.7 Å². The van der Waals surface area contributed by atoms with Crippen LogP contribution in [0, 0.1) is 12.8 Å². The van der Waals surface area contributed by atoms with E-state index in [4.69, 9.17) is 9.15 Å². The SMILES string of the molecule is Cc1nnc(COC[C@H]2CCCNC2)o1. The summed E-state index contributed by atoms with van der Waals surface area (Å²) in [7, 11) is 0. The molecule has 2 rings (SSSR count). The third kappa shape index (κ3) is 3.28. The van der Waals surface area contributed by atoms with E-state index >= 15 is 0 Å². The largest absolute Gasteiger partial charge is 0.423 e. The molecule has 0 bridgehead atoms. The van der Waals surface area contributed by atoms with E-state index in [1.807, 2.05) is 0 Å². The van der Waals surface area contributed by atoms with Crippen LogP contribution < -0.4 is 5.32 Å². The molecular weight excluding hydrogens is 194 g/mol. The van der Waals surface area contributed by atoms with Crippen LogP contribution in [-0.4, -0.2) is 29.9 Å². The van der Waals surface area contributed by atoms with Gasteiger partial charge in [-0.25, -0.2) is 0 Å². The first-order valence-corrected chi connectivity index (χ1v) is 5.42. The van der Waals surface area contributed by atoms with Crippen LogP contribution in [0.15, 0.2) is 4.42 Å². The van der Waals surface area contributed by atoms with E-state index in [-0.39, 0.29) is 0 Å². The lowest BCUT2D eigenvalue weighted by Crippen LogP contribution is -2.32. The molecule has 0 spiro atoms. The average Bonchev–Trinajstić information content (AvgIpc) is 2.66. The van der Waals surface area contributed by atoms with Crippen LogP contribution >= 0.6 is 0 Å². The first-order valence-electron chi connectivity index (χ1n) is 5.42. The normalized spacial score (nSPS) is 21.8. The minimum Gasteiger partial charge on any atom is -0.423 e. The molecule has 5 nitrogen and oxygen atoms in total. The second-order valence-electron chi connectivity index (χ2n) is 3.94. The van der Waals surface area contributed by atoms with Crippen molar-refractivity contribution < 1.29 is 9.15 Å². The summed E-state index contributed by atoms with van der Waals surface area (Å²) in [6.45, 7) is 5.18. The Bertz CT molecular complexity index is 295. The number of hydrogen-bond acceptors (Lipinski definition) is 5. The lowest BCUT2D eigenvalue weighted by molar-refractivity contribution is 0.0646. The number of nitrogens with one attached hydrogen (secondary N) is 1. The van der Waals surface area contributed by atoms with Gasteiger partial charge in [0, 0.05) is 13.5 Å². The molecule has 1 N–H and O–H groups in total. The molecule has 0 aromatic carbocycles. The lowest BCUT2D eigenvalue weighted by atomic mass is 10.0. The van der Waals surface area contributed by atoms with Crippen LogP contribution in [0.1, 0.15) is 24.6 Å². The van der Waals surface area contributed by atoms with E-state index in [0.29, 0.717) is 24.3 Å². The predicted octanol–water partition coefficient (Wildman–Crippen LogP) is 0.894. The Balaban J connectivity index is 1.65. The van der Waals surface area contributed by atoms with Crippen molar-refractivity contribution in [1.82, 2.24) is 15.5 Å². The van der Waals surface area contributed by atoms with Crippen LogP contribution in [-0.2, 0) is 11.3 Å². The first kappa shape index (κ1) is 10.6. The summed E-state index contributed by atoms with van der Waals surface area (Å²) in [4.78, 5) is 0. The summed E-state index contributed by atoms with van der Waals surface area (Å²) in [5.74, 6) is 1.78. The lowest BCUT2D eigenvalue weighted by Gasteiger charge is -2.21. The fourth-order valence-electron chi connectivity index (χ4n) is 1.77. The monoisotopic (exact) mass is 211 g/mol. The zero-order chi connectivity index (χ0) is 10.5. The second kappa shape index (κ2) is 5.23. The molecule has 15 heavy (non-hydrogen) atoms. The van der Waals surface area contributed by atoms with Crippen LogP contribution in [0.2, 0.25) is 0 Å². The highest BCUT2D eigenvalue weighted by Gasteiger charge is 2.13. The van der Waals surface area contributed by atoms with Gasteiger partial charge in [-0.05, 0) is 25.3 Å². The molecule has 1 atom stereocenters. The van der Waals surface area contributed by atoms with Gasteiger partial charge in [0.15, 0.2) is 0 Å². The Morgan fingerprint density at radius 3 is 3.13 bits per heavy atom. The molecule has 84 valence electrons. The van der Waals surface area contributed by atoms with E-state index < -0.39 is 0 Å². The van der Waals surface area contributed by atoms with Crippen molar-refractivity contribution in [1.29, 1.82) is 0 Å². The number of rotatable bonds is 4. The summed E-state index contributed by atoms with van der Waals surface area (Å²) in [6.07, 6.45) is 2.49. The summed E-state index contributed by atoms with van der Waals surface area (Å²) < 4.78 is 10.7. The number of aromatic nitrogens is 2. The number of aryl methyl sites for hydroxylation is 1. The van der Waals surface area contributed by atoms with Gasteiger partial charge in [-0.3, -0.25) is 0 Å². The number of hydrogen-bond donors (Lipinski definition) is 1. The molecule has 1 aromatic heterocycles. The number of ether oxygens (including phenoxy) is 1. The minimum atomic E-state index is 0.428. The van der Waals surface area contributed by atoms with Crippen molar-refractivity contribution in [3.8, 4) is 0 Å². The third-order valence-electron chi connectivity index (χ3n) is 2.55. The predicted molar refractivity (Wildman–Crippen MR) is 54.3 cm³/mol. The van der Waals surface area contributed by atoms with Gasteiger partial charge in [0.25, 0.3) is 0 Å². The molecule has 0 radical (unpaired) electrons. The molecule has 1 aliphatic rings. The highest BCUT2D eigenvalue weighted by atomic mass is 16.5. The standard InChI is InChI=1S/C10H17N3O2/c1-8-12-13-10(15-8)7-14-6-9-3-2-4-11-5-9/h9,11H,2-7H2,1H3/t9-/m0/s1. The van der Waals surface area contributed by atoms with Crippen LogP contribution in [0.25, 0.3) is 0 Å². The quantitative estimate of drug-likeness (QED) is 0.801. The third-order valence-corrected chi connectivity index (χ3v) is 2.55. The number of piperidine rings is 1. The van der Waals surface area contributed by atoms with E-state index in [1.165, 1.54) is 12.8 Å². The molecule has 1 aliphatic heterocycles. The maximum absolute atomic E-state index is 5.54. The van der Waals surface area contributed by atoms with Crippen molar-refractivity contribution in [3.63, 3.8) is 0 Å². The van der Waals surface area contributed by atoms with Gasteiger partial charge >= 0.3 is 0 Å². The second-order valence-corrected chi connectivity index (χ2v) is 3.94. The molecule has 0 amide bonds. The zero-order valence-corrected chi connectivity index (χ0v) is 9.03. The first-order chi connectivity index (χ1) is 7.34. The molecule has 0 unspecified atom stereocenters. The van der Waals surface area contributed by atoms with Gasteiger partial charge in [-0.2, -0.15) is 0 Å². The fraction of sp³-hybridized carbons (Fsp3) is 0.800. The Labute approximate surface area is 89.2 Å². The topological polar surface area (TPSA) is 60.2 Å². The summed E-state index contributed by atoms with van der Waals surface area (Å²) in [6, 6.07) is 0. The molecule has 5 heteroatoms. The summed E-state index contributed by atoms with van der Waals surface area (Å²) >= 11 is 0. The van der Waals surface area contributed by atoms with Crippen LogP contribution in [0.4, 0.5) is 0 Å². The van der Waals surface area contributed by atoms with Crippen molar-refractivity contribution >= 4 is 0 Å². The van der Waals surface area contributed by atoms with Gasteiger partial charge < -0.3 is 14.5 Å². The Morgan fingerprint density at radius 2 is 2.47 bits per heavy atom. The minimum absolute atomic E-state index is 0.428. The van der Waals surface area contributed by atoms with E-state index in [9.17, 15) is 0 Å². The number of nitrogens with zero attached hydrogens (tertiary/aromatic N) is 2. The van der Waals surface area contributed by atoms with Gasteiger partial charge in [0.1, 0.15) is 6.61 Å². The van der Waals surface area contributed by atoms with Crippen molar-refractivity contribution in [2.24, 2.45) is 5.92 Å². The van der Waals surface area contributed by atoms with Gasteiger partial charge in [-0.1, -0.05) is 0 Å². The summed E-state index contributed by atoms with van der Waals surface area (Å²) in [5, 5.41) is 11.0. The highest BCUT2D eigenvalue weighted by Crippen LogP contribution is 2.11. The van der Waals surface area contributed by atoms with Gasteiger partial charge in [0.05, 0.1) is 6.61 Å². The van der Waals surface area contributed by atoms with Crippen molar-refractivity contribution in [3.05, 3.63) is 11.8 Å². The maximum Gasteiger partial charge on any atom is 0.242 e. The smallest absolute Gasteiger partial charge is 0.242 e.